The minimum Gasteiger partial charge on any atom is -0.497 e. The first kappa shape index (κ1) is 23.1. The maximum atomic E-state index is 12.8. The van der Waals surface area contributed by atoms with E-state index in [1.807, 2.05) is 48.5 Å². The van der Waals surface area contributed by atoms with Crippen LogP contribution in [0.25, 0.3) is 20.8 Å². The summed E-state index contributed by atoms with van der Waals surface area (Å²) >= 11 is 1.39. The molecule has 1 N–H and O–H groups in total. The lowest BCUT2D eigenvalue weighted by Gasteiger charge is -2.05. The molecule has 0 aliphatic heterocycles. The maximum Gasteiger partial charge on any atom is 0.282 e. The number of carbonyl (C=O) groups is 1. The van der Waals surface area contributed by atoms with Crippen molar-refractivity contribution in [1.29, 1.82) is 0 Å². The number of hydrogen-bond acceptors (Lipinski definition) is 8. The molecule has 180 valence electrons. The average molecular weight is 501 g/mol. The molecule has 2 aromatic heterocycles. The Bertz CT molecular complexity index is 1560. The largest absolute Gasteiger partial charge is 0.497 e. The standard InChI is InChI=1S/C25H20N6O4S/c1-35-19-8-10-21-23(12-19)36-25(27-21)17-7-9-20(22(11-17)31(33)34)24(32)26-13-18-15-30(29-28-18)14-16-5-3-2-4-6-16/h2-12,15H,13-14H2,1H3,(H,26,32). The fourth-order valence-corrected chi connectivity index (χ4v) is 4.69. The first-order valence-electron chi connectivity index (χ1n) is 10.9. The molecular formula is C25H20N6O4S. The van der Waals surface area contributed by atoms with Gasteiger partial charge in [-0.25, -0.2) is 9.67 Å². The second-order valence-corrected chi connectivity index (χ2v) is 8.95. The summed E-state index contributed by atoms with van der Waals surface area (Å²) in [4.78, 5) is 28.6. The van der Waals surface area contributed by atoms with Gasteiger partial charge in [-0.1, -0.05) is 41.6 Å². The van der Waals surface area contributed by atoms with Gasteiger partial charge >= 0.3 is 0 Å². The number of ether oxygens (including phenoxy) is 1. The van der Waals surface area contributed by atoms with Crippen molar-refractivity contribution in [2.24, 2.45) is 0 Å². The highest BCUT2D eigenvalue weighted by Crippen LogP contribution is 2.34. The third kappa shape index (κ3) is 4.91. The molecule has 0 saturated heterocycles. The molecule has 0 unspecified atom stereocenters. The van der Waals surface area contributed by atoms with Gasteiger partial charge in [-0.2, -0.15) is 0 Å². The molecule has 11 heteroatoms. The summed E-state index contributed by atoms with van der Waals surface area (Å²) in [6.45, 7) is 0.638. The summed E-state index contributed by atoms with van der Waals surface area (Å²) in [7, 11) is 1.59. The summed E-state index contributed by atoms with van der Waals surface area (Å²) in [6.07, 6.45) is 1.73. The molecule has 3 aromatic carbocycles. The van der Waals surface area contributed by atoms with Gasteiger partial charge in [0.25, 0.3) is 11.6 Å². The van der Waals surface area contributed by atoms with Crippen molar-refractivity contribution in [3.8, 4) is 16.3 Å². The van der Waals surface area contributed by atoms with Gasteiger partial charge in [-0.3, -0.25) is 14.9 Å². The van der Waals surface area contributed by atoms with Crippen molar-refractivity contribution in [1.82, 2.24) is 25.3 Å². The molecule has 0 aliphatic carbocycles. The summed E-state index contributed by atoms with van der Waals surface area (Å²) in [5, 5.41) is 23.2. The topological polar surface area (TPSA) is 125 Å². The highest BCUT2D eigenvalue weighted by molar-refractivity contribution is 7.21. The fraction of sp³-hybridized carbons (Fsp3) is 0.120. The van der Waals surface area contributed by atoms with Gasteiger partial charge in [0.15, 0.2) is 0 Å². The Hall–Kier alpha value is -4.64. The number of hydrogen-bond donors (Lipinski definition) is 1. The van der Waals surface area contributed by atoms with Gasteiger partial charge in [0.05, 0.1) is 41.5 Å². The number of nitro groups is 1. The predicted molar refractivity (Wildman–Crippen MR) is 135 cm³/mol. The molecular weight excluding hydrogens is 480 g/mol. The number of nitrogens with zero attached hydrogens (tertiary/aromatic N) is 5. The number of methoxy groups -OCH3 is 1. The zero-order valence-corrected chi connectivity index (χ0v) is 19.9. The molecule has 0 atom stereocenters. The molecule has 0 spiro atoms. The minimum absolute atomic E-state index is 0.0387. The van der Waals surface area contributed by atoms with Gasteiger partial charge < -0.3 is 10.1 Å². The highest BCUT2D eigenvalue weighted by atomic mass is 32.1. The fourth-order valence-electron chi connectivity index (χ4n) is 3.70. The van der Waals surface area contributed by atoms with Gasteiger partial charge in [0.2, 0.25) is 0 Å². The van der Waals surface area contributed by atoms with E-state index < -0.39 is 10.8 Å². The Morgan fingerprint density at radius 2 is 1.97 bits per heavy atom. The SMILES string of the molecule is COc1ccc2nc(-c3ccc(C(=O)NCc4cn(Cc5ccccc5)nn4)c([N+](=O)[O-])c3)sc2c1. The second-order valence-electron chi connectivity index (χ2n) is 7.92. The quantitative estimate of drug-likeness (QED) is 0.246. The summed E-state index contributed by atoms with van der Waals surface area (Å²) in [6, 6.07) is 19.8. The van der Waals surface area contributed by atoms with E-state index in [1.165, 1.54) is 23.5 Å². The number of nitro benzene ring substituents is 1. The molecule has 0 saturated carbocycles. The minimum atomic E-state index is -0.570. The Balaban J connectivity index is 1.32. The van der Waals surface area contributed by atoms with E-state index >= 15 is 0 Å². The average Bonchev–Trinajstić information content (AvgIpc) is 3.53. The molecule has 36 heavy (non-hydrogen) atoms. The molecule has 1 amide bonds. The number of amides is 1. The van der Waals surface area contributed by atoms with Crippen LogP contribution in [0.1, 0.15) is 21.6 Å². The number of benzene rings is 3. The Morgan fingerprint density at radius 3 is 2.75 bits per heavy atom. The number of carbonyl (C=O) groups excluding carboxylic acids is 1. The molecule has 5 rings (SSSR count). The number of nitrogens with one attached hydrogen (secondary N) is 1. The maximum absolute atomic E-state index is 12.8. The first-order valence-corrected chi connectivity index (χ1v) is 11.8. The predicted octanol–water partition coefficient (Wildman–Crippen LogP) is 4.45. The van der Waals surface area contributed by atoms with E-state index in [-0.39, 0.29) is 17.8 Å². The van der Waals surface area contributed by atoms with Gasteiger partial charge in [0, 0.05) is 11.6 Å². The van der Waals surface area contributed by atoms with Crippen LogP contribution < -0.4 is 10.1 Å². The van der Waals surface area contributed by atoms with Crippen LogP contribution in [0.4, 0.5) is 5.69 Å². The van der Waals surface area contributed by atoms with E-state index in [1.54, 1.807) is 24.1 Å². The first-order chi connectivity index (χ1) is 17.5. The molecule has 10 nitrogen and oxygen atoms in total. The Kier molecular flexibility index (Phi) is 6.37. The number of rotatable bonds is 8. The van der Waals surface area contributed by atoms with Crippen molar-refractivity contribution >= 4 is 33.1 Å². The smallest absolute Gasteiger partial charge is 0.282 e. The molecule has 2 heterocycles. The molecule has 5 aromatic rings. The van der Waals surface area contributed by atoms with E-state index in [9.17, 15) is 14.9 Å². The lowest BCUT2D eigenvalue weighted by atomic mass is 10.1. The highest BCUT2D eigenvalue weighted by Gasteiger charge is 2.22. The molecule has 0 fully saturated rings. The molecule has 0 bridgehead atoms. The van der Waals surface area contributed by atoms with E-state index in [0.29, 0.717) is 28.6 Å². The summed E-state index contributed by atoms with van der Waals surface area (Å²) < 4.78 is 7.81. The van der Waals surface area contributed by atoms with Crippen molar-refractivity contribution in [2.75, 3.05) is 7.11 Å². The van der Waals surface area contributed by atoms with Crippen LogP contribution in [0, 0.1) is 10.1 Å². The molecule has 0 aliphatic rings. The van der Waals surface area contributed by atoms with E-state index in [0.717, 1.165) is 15.8 Å². The lowest BCUT2D eigenvalue weighted by Crippen LogP contribution is -2.24. The summed E-state index contributed by atoms with van der Waals surface area (Å²) in [5.41, 5.74) is 2.60. The van der Waals surface area contributed by atoms with Crippen LogP contribution in [0.3, 0.4) is 0 Å². The zero-order chi connectivity index (χ0) is 25.1. The van der Waals surface area contributed by atoms with Crippen LogP contribution in [0.5, 0.6) is 5.75 Å². The van der Waals surface area contributed by atoms with Crippen molar-refractivity contribution in [3.63, 3.8) is 0 Å². The van der Waals surface area contributed by atoms with Crippen molar-refractivity contribution < 1.29 is 14.5 Å². The third-order valence-electron chi connectivity index (χ3n) is 5.49. The van der Waals surface area contributed by atoms with Crippen LogP contribution in [-0.2, 0) is 13.1 Å². The van der Waals surface area contributed by atoms with Crippen LogP contribution >= 0.6 is 11.3 Å². The van der Waals surface area contributed by atoms with Crippen LogP contribution in [0.15, 0.2) is 72.9 Å². The van der Waals surface area contributed by atoms with E-state index in [4.69, 9.17) is 4.74 Å². The van der Waals surface area contributed by atoms with Crippen LogP contribution in [0.2, 0.25) is 0 Å². The van der Waals surface area contributed by atoms with E-state index in [2.05, 4.69) is 20.6 Å². The van der Waals surface area contributed by atoms with Gasteiger partial charge in [0.1, 0.15) is 22.0 Å². The van der Waals surface area contributed by atoms with Crippen molar-refractivity contribution in [3.05, 3.63) is 99.9 Å². The number of thiazole rings is 1. The number of aromatic nitrogens is 4. The Labute approximate surface area is 209 Å². The second kappa shape index (κ2) is 9.92. The zero-order valence-electron chi connectivity index (χ0n) is 19.1. The van der Waals surface area contributed by atoms with Gasteiger partial charge in [-0.15, -0.1) is 16.4 Å². The van der Waals surface area contributed by atoms with Crippen LogP contribution in [-0.4, -0.2) is 37.9 Å². The normalized spacial score (nSPS) is 10.9. The monoisotopic (exact) mass is 500 g/mol. The number of fused-ring (bicyclic) bond motifs is 1. The summed E-state index contributed by atoms with van der Waals surface area (Å²) in [5.74, 6) is 0.135. The Morgan fingerprint density at radius 1 is 1.14 bits per heavy atom. The molecule has 0 radical (unpaired) electrons. The van der Waals surface area contributed by atoms with Crippen molar-refractivity contribution in [2.45, 2.75) is 13.1 Å². The third-order valence-corrected chi connectivity index (χ3v) is 6.55. The lowest BCUT2D eigenvalue weighted by molar-refractivity contribution is -0.385. The van der Waals surface area contributed by atoms with Gasteiger partial charge in [-0.05, 0) is 29.8 Å².